The van der Waals surface area contributed by atoms with Gasteiger partial charge in [-0.3, -0.25) is 0 Å². The monoisotopic (exact) mass is 361 g/mol. The summed E-state index contributed by atoms with van der Waals surface area (Å²) in [4.78, 5) is 0. The Kier molecular flexibility index (Phi) is 7.58. The first kappa shape index (κ1) is 19.3. The van der Waals surface area contributed by atoms with Crippen LogP contribution in [-0.4, -0.2) is 13.2 Å². The van der Waals surface area contributed by atoms with Crippen LogP contribution in [-0.2, 0) is 6.42 Å². The average Bonchev–Trinajstić information content (AvgIpc) is 2.72. The zero-order chi connectivity index (χ0) is 18.7. The van der Waals surface area contributed by atoms with Crippen LogP contribution in [0.2, 0.25) is 0 Å². The zero-order valence-electron chi connectivity index (χ0n) is 16.4. The molecular formula is C25H31NO. The average molecular weight is 362 g/mol. The molecule has 0 atom stereocenters. The number of hydrogen-bond donors (Lipinski definition) is 1. The third kappa shape index (κ3) is 6.02. The van der Waals surface area contributed by atoms with Crippen LogP contribution >= 0.6 is 0 Å². The van der Waals surface area contributed by atoms with E-state index in [4.69, 9.17) is 4.74 Å². The molecule has 0 radical (unpaired) electrons. The molecule has 142 valence electrons. The minimum Gasteiger partial charge on any atom is -0.494 e. The number of benzene rings is 3. The van der Waals surface area contributed by atoms with Crippen LogP contribution in [0, 0.1) is 0 Å². The highest BCUT2D eigenvalue weighted by molar-refractivity contribution is 5.85. The lowest BCUT2D eigenvalue weighted by Gasteiger charge is -2.10. The van der Waals surface area contributed by atoms with Gasteiger partial charge >= 0.3 is 0 Å². The first-order valence-electron chi connectivity index (χ1n) is 10.3. The Morgan fingerprint density at radius 2 is 1.56 bits per heavy atom. The van der Waals surface area contributed by atoms with Crippen molar-refractivity contribution in [3.8, 4) is 5.75 Å². The minimum absolute atomic E-state index is 0.817. The summed E-state index contributed by atoms with van der Waals surface area (Å²) in [5, 5.41) is 6.18. The van der Waals surface area contributed by atoms with Gasteiger partial charge in [0.2, 0.25) is 0 Å². The van der Waals surface area contributed by atoms with Crippen LogP contribution in [0.25, 0.3) is 10.8 Å². The maximum atomic E-state index is 5.84. The number of hydrogen-bond acceptors (Lipinski definition) is 2. The van der Waals surface area contributed by atoms with E-state index < -0.39 is 0 Å². The van der Waals surface area contributed by atoms with Gasteiger partial charge in [-0.15, -0.1) is 0 Å². The van der Waals surface area contributed by atoms with Crippen molar-refractivity contribution in [2.75, 3.05) is 18.5 Å². The van der Waals surface area contributed by atoms with Crippen molar-refractivity contribution in [3.05, 3.63) is 72.3 Å². The highest BCUT2D eigenvalue weighted by Gasteiger charge is 2.01. The van der Waals surface area contributed by atoms with Gasteiger partial charge < -0.3 is 10.1 Å². The molecule has 0 unspecified atom stereocenters. The molecule has 0 bridgehead atoms. The summed E-state index contributed by atoms with van der Waals surface area (Å²) in [7, 11) is 0. The van der Waals surface area contributed by atoms with Crippen molar-refractivity contribution < 1.29 is 4.74 Å². The van der Waals surface area contributed by atoms with Gasteiger partial charge in [-0.05, 0) is 53.4 Å². The smallest absolute Gasteiger partial charge is 0.119 e. The largest absolute Gasteiger partial charge is 0.494 e. The predicted octanol–water partition coefficient (Wildman–Crippen LogP) is 6.84. The number of fused-ring (bicyclic) bond motifs is 1. The summed E-state index contributed by atoms with van der Waals surface area (Å²) < 4.78 is 5.84. The molecule has 0 aliphatic carbocycles. The summed E-state index contributed by atoms with van der Waals surface area (Å²) in [6, 6.07) is 23.5. The molecule has 2 heteroatoms. The summed E-state index contributed by atoms with van der Waals surface area (Å²) in [5.41, 5.74) is 2.54. The topological polar surface area (TPSA) is 21.3 Å². The Morgan fingerprint density at radius 1 is 0.778 bits per heavy atom. The van der Waals surface area contributed by atoms with Crippen molar-refractivity contribution in [3.63, 3.8) is 0 Å². The number of rotatable bonds is 11. The van der Waals surface area contributed by atoms with Crippen LogP contribution in [0.5, 0.6) is 5.75 Å². The summed E-state index contributed by atoms with van der Waals surface area (Å²) in [6.45, 7) is 3.98. The van der Waals surface area contributed by atoms with Crippen molar-refractivity contribution in [1.29, 1.82) is 0 Å². The summed E-state index contributed by atoms with van der Waals surface area (Å²) in [5.74, 6) is 0.963. The zero-order valence-corrected chi connectivity index (χ0v) is 16.4. The highest BCUT2D eigenvalue weighted by Crippen LogP contribution is 2.20. The molecule has 27 heavy (non-hydrogen) atoms. The maximum Gasteiger partial charge on any atom is 0.119 e. The third-order valence-corrected chi connectivity index (χ3v) is 4.97. The molecule has 0 aliphatic rings. The van der Waals surface area contributed by atoms with E-state index in [9.17, 15) is 0 Å². The van der Waals surface area contributed by atoms with Crippen molar-refractivity contribution in [2.45, 2.75) is 45.4 Å². The van der Waals surface area contributed by atoms with Crippen molar-refractivity contribution in [2.24, 2.45) is 0 Å². The molecular weight excluding hydrogens is 330 g/mol. The lowest BCUT2D eigenvalue weighted by Crippen LogP contribution is -2.05. The van der Waals surface area contributed by atoms with E-state index in [1.165, 1.54) is 42.0 Å². The SMILES string of the molecule is CCCCCCCOc1ccc(NCCc2cccc3ccccc23)cc1. The molecule has 3 aromatic carbocycles. The molecule has 3 rings (SSSR count). The fraction of sp³-hybridized carbons (Fsp3) is 0.360. The second-order valence-corrected chi connectivity index (χ2v) is 7.10. The van der Waals surface area contributed by atoms with E-state index in [1.54, 1.807) is 0 Å². The highest BCUT2D eigenvalue weighted by atomic mass is 16.5. The molecule has 2 nitrogen and oxygen atoms in total. The Balaban J connectivity index is 1.42. The number of unbranched alkanes of at least 4 members (excludes halogenated alkanes) is 4. The Hall–Kier alpha value is -2.48. The number of nitrogens with one attached hydrogen (secondary N) is 1. The quantitative estimate of drug-likeness (QED) is 0.377. The van der Waals surface area contributed by atoms with Crippen LogP contribution in [0.3, 0.4) is 0 Å². The molecule has 0 aromatic heterocycles. The fourth-order valence-corrected chi connectivity index (χ4v) is 3.42. The first-order chi connectivity index (χ1) is 13.4. The molecule has 0 saturated heterocycles. The maximum absolute atomic E-state index is 5.84. The van der Waals surface area contributed by atoms with E-state index in [-0.39, 0.29) is 0 Å². The Bertz CT molecular complexity index is 805. The van der Waals surface area contributed by atoms with Gasteiger partial charge in [-0.2, -0.15) is 0 Å². The predicted molar refractivity (Wildman–Crippen MR) is 117 cm³/mol. The molecule has 0 spiro atoms. The standard InChI is InChI=1S/C25H31NO/c1-2-3-4-5-8-20-27-24-16-14-23(15-17-24)26-19-18-22-12-9-11-21-10-6-7-13-25(21)22/h6-7,9-17,26H,2-5,8,18-20H2,1H3. The lowest BCUT2D eigenvalue weighted by molar-refractivity contribution is 0.304. The molecule has 3 aromatic rings. The van der Waals surface area contributed by atoms with Gasteiger partial charge in [0.1, 0.15) is 5.75 Å². The molecule has 0 aliphatic heterocycles. The summed E-state index contributed by atoms with van der Waals surface area (Å²) in [6.07, 6.45) is 7.36. The minimum atomic E-state index is 0.817. The van der Waals surface area contributed by atoms with Crippen LogP contribution < -0.4 is 10.1 Å². The second kappa shape index (κ2) is 10.6. The van der Waals surface area contributed by atoms with Gasteiger partial charge in [0.05, 0.1) is 6.61 Å². The molecule has 1 N–H and O–H groups in total. The van der Waals surface area contributed by atoms with Crippen molar-refractivity contribution in [1.82, 2.24) is 0 Å². The van der Waals surface area contributed by atoms with E-state index in [0.29, 0.717) is 0 Å². The molecule has 0 saturated carbocycles. The number of anilines is 1. The van der Waals surface area contributed by atoms with E-state index >= 15 is 0 Å². The molecule has 0 fully saturated rings. The van der Waals surface area contributed by atoms with Gasteiger partial charge in [0, 0.05) is 12.2 Å². The lowest BCUT2D eigenvalue weighted by atomic mass is 10.0. The van der Waals surface area contributed by atoms with E-state index in [2.05, 4.69) is 79.0 Å². The molecule has 0 heterocycles. The molecule has 0 amide bonds. The summed E-state index contributed by atoms with van der Waals surface area (Å²) >= 11 is 0. The van der Waals surface area contributed by atoms with E-state index in [1.807, 2.05) is 0 Å². The van der Waals surface area contributed by atoms with Gasteiger partial charge in [0.25, 0.3) is 0 Å². The Morgan fingerprint density at radius 3 is 2.41 bits per heavy atom. The first-order valence-corrected chi connectivity index (χ1v) is 10.3. The number of ether oxygens (including phenoxy) is 1. The van der Waals surface area contributed by atoms with Crippen molar-refractivity contribution >= 4 is 16.5 Å². The normalized spacial score (nSPS) is 10.9. The van der Waals surface area contributed by atoms with Crippen LogP contribution in [0.1, 0.15) is 44.6 Å². The third-order valence-electron chi connectivity index (χ3n) is 4.97. The van der Waals surface area contributed by atoms with Gasteiger partial charge in [0.15, 0.2) is 0 Å². The van der Waals surface area contributed by atoms with Gasteiger partial charge in [-0.25, -0.2) is 0 Å². The van der Waals surface area contributed by atoms with Gasteiger partial charge in [-0.1, -0.05) is 75.1 Å². The fourth-order valence-electron chi connectivity index (χ4n) is 3.42. The van der Waals surface area contributed by atoms with Crippen LogP contribution in [0.4, 0.5) is 5.69 Å². The van der Waals surface area contributed by atoms with E-state index in [0.717, 1.165) is 37.4 Å². The van der Waals surface area contributed by atoms with Crippen LogP contribution in [0.15, 0.2) is 66.7 Å². The Labute approximate surface area is 163 Å². The second-order valence-electron chi connectivity index (χ2n) is 7.10.